The van der Waals surface area contributed by atoms with Gasteiger partial charge in [-0.3, -0.25) is 0 Å². The minimum absolute atomic E-state index is 0.403. The molecule has 7 heteroatoms. The fourth-order valence-electron chi connectivity index (χ4n) is 1.97. The van der Waals surface area contributed by atoms with E-state index in [0.29, 0.717) is 41.9 Å². The number of fused-ring (bicyclic) bond motifs is 1. The largest absolute Gasteiger partial charge is 0.493 e. The van der Waals surface area contributed by atoms with Crippen molar-refractivity contribution in [3.63, 3.8) is 0 Å². The summed E-state index contributed by atoms with van der Waals surface area (Å²) in [6, 6.07) is 3.57. The van der Waals surface area contributed by atoms with Crippen molar-refractivity contribution in [2.24, 2.45) is 0 Å². The first-order valence-corrected chi connectivity index (χ1v) is 6.50. The average Bonchev–Trinajstić information content (AvgIpc) is 2.51. The van der Waals surface area contributed by atoms with Crippen LogP contribution < -0.4 is 20.1 Å². The maximum Gasteiger partial charge on any atom is 0.227 e. The molecule has 2 rings (SSSR count). The van der Waals surface area contributed by atoms with Gasteiger partial charge >= 0.3 is 0 Å². The van der Waals surface area contributed by atoms with E-state index in [1.807, 2.05) is 11.9 Å². The summed E-state index contributed by atoms with van der Waals surface area (Å²) in [4.78, 5) is 10.7. The molecule has 0 radical (unpaired) electrons. The molecule has 0 aliphatic heterocycles. The van der Waals surface area contributed by atoms with Crippen LogP contribution in [0, 0.1) is 0 Å². The van der Waals surface area contributed by atoms with Gasteiger partial charge < -0.3 is 24.8 Å². The van der Waals surface area contributed by atoms with Crippen LogP contribution in [-0.2, 0) is 4.74 Å². The van der Waals surface area contributed by atoms with Gasteiger partial charge in [-0.05, 0) is 6.07 Å². The molecule has 7 nitrogen and oxygen atoms in total. The van der Waals surface area contributed by atoms with E-state index < -0.39 is 0 Å². The molecule has 21 heavy (non-hydrogen) atoms. The highest BCUT2D eigenvalue weighted by molar-refractivity contribution is 5.91. The van der Waals surface area contributed by atoms with Gasteiger partial charge in [-0.15, -0.1) is 0 Å². The molecular formula is C14H20N4O3. The van der Waals surface area contributed by atoms with Gasteiger partial charge in [0.05, 0.1) is 26.3 Å². The standard InChI is InChI=1S/C14H20N4O3/c1-18(5-6-19-2)14-16-10-8-12(21-4)11(20-3)7-9(10)13(15)17-14/h7-8H,5-6H2,1-4H3,(H2,15,16,17). The van der Waals surface area contributed by atoms with Crippen LogP contribution in [0.1, 0.15) is 0 Å². The lowest BCUT2D eigenvalue weighted by molar-refractivity contribution is 0.206. The van der Waals surface area contributed by atoms with Crippen molar-refractivity contribution in [3.8, 4) is 11.5 Å². The molecule has 0 saturated carbocycles. The van der Waals surface area contributed by atoms with Crippen molar-refractivity contribution in [1.82, 2.24) is 9.97 Å². The summed E-state index contributed by atoms with van der Waals surface area (Å²) in [7, 11) is 6.70. The molecule has 2 aromatic rings. The Hall–Kier alpha value is -2.28. The number of likely N-dealkylation sites (N-methyl/N-ethyl adjacent to an activating group) is 1. The van der Waals surface area contributed by atoms with E-state index >= 15 is 0 Å². The van der Waals surface area contributed by atoms with Gasteiger partial charge in [0.25, 0.3) is 0 Å². The highest BCUT2D eigenvalue weighted by Crippen LogP contribution is 2.33. The highest BCUT2D eigenvalue weighted by Gasteiger charge is 2.13. The molecule has 0 spiro atoms. The van der Waals surface area contributed by atoms with E-state index in [1.54, 1.807) is 33.5 Å². The summed E-state index contributed by atoms with van der Waals surface area (Å²) in [6.45, 7) is 1.26. The van der Waals surface area contributed by atoms with Gasteiger partial charge in [-0.25, -0.2) is 4.98 Å². The second kappa shape index (κ2) is 6.45. The number of nitrogen functional groups attached to an aromatic ring is 1. The third kappa shape index (κ3) is 3.08. The Labute approximate surface area is 123 Å². The van der Waals surface area contributed by atoms with Crippen LogP contribution in [0.25, 0.3) is 10.9 Å². The molecule has 0 aliphatic carbocycles. The first kappa shape index (κ1) is 15.1. The molecule has 0 amide bonds. The van der Waals surface area contributed by atoms with Gasteiger partial charge in [0.15, 0.2) is 11.5 Å². The third-order valence-electron chi connectivity index (χ3n) is 3.19. The molecule has 0 aliphatic rings. The van der Waals surface area contributed by atoms with Gasteiger partial charge in [0, 0.05) is 32.2 Å². The minimum Gasteiger partial charge on any atom is -0.493 e. The summed E-state index contributed by atoms with van der Waals surface area (Å²) in [5.74, 6) is 2.15. The number of methoxy groups -OCH3 is 3. The van der Waals surface area contributed by atoms with E-state index in [0.717, 1.165) is 5.39 Å². The molecule has 1 aromatic heterocycles. The molecule has 1 aromatic carbocycles. The fourth-order valence-corrected chi connectivity index (χ4v) is 1.97. The Kier molecular flexibility index (Phi) is 4.64. The molecular weight excluding hydrogens is 272 g/mol. The maximum atomic E-state index is 6.03. The topological polar surface area (TPSA) is 82.7 Å². The van der Waals surface area contributed by atoms with Crippen LogP contribution in [0.5, 0.6) is 11.5 Å². The van der Waals surface area contributed by atoms with Crippen LogP contribution in [0.15, 0.2) is 12.1 Å². The van der Waals surface area contributed by atoms with Gasteiger partial charge in [-0.1, -0.05) is 0 Å². The molecule has 2 N–H and O–H groups in total. The van der Waals surface area contributed by atoms with Crippen LogP contribution >= 0.6 is 0 Å². The molecule has 0 saturated heterocycles. The van der Waals surface area contributed by atoms with Crippen molar-refractivity contribution >= 4 is 22.7 Å². The number of hydrogen-bond acceptors (Lipinski definition) is 7. The molecule has 0 bridgehead atoms. The number of nitrogens with two attached hydrogens (primary N) is 1. The maximum absolute atomic E-state index is 6.03. The lowest BCUT2D eigenvalue weighted by Gasteiger charge is -2.18. The van der Waals surface area contributed by atoms with E-state index in [-0.39, 0.29) is 0 Å². The monoisotopic (exact) mass is 292 g/mol. The van der Waals surface area contributed by atoms with E-state index in [4.69, 9.17) is 19.9 Å². The SMILES string of the molecule is COCCN(C)c1nc(N)c2cc(OC)c(OC)cc2n1. The summed E-state index contributed by atoms with van der Waals surface area (Å²) < 4.78 is 15.6. The predicted molar refractivity (Wildman–Crippen MR) is 82.2 cm³/mol. The third-order valence-corrected chi connectivity index (χ3v) is 3.19. The first-order valence-electron chi connectivity index (χ1n) is 6.50. The molecule has 114 valence electrons. The molecule has 1 heterocycles. The van der Waals surface area contributed by atoms with Crippen molar-refractivity contribution in [1.29, 1.82) is 0 Å². The lowest BCUT2D eigenvalue weighted by Crippen LogP contribution is -2.24. The number of ether oxygens (including phenoxy) is 3. The molecule has 0 fully saturated rings. The quantitative estimate of drug-likeness (QED) is 0.859. The van der Waals surface area contributed by atoms with Gasteiger partial charge in [0.1, 0.15) is 5.82 Å². The normalized spacial score (nSPS) is 10.7. The minimum atomic E-state index is 0.403. The van der Waals surface area contributed by atoms with Crippen LogP contribution in [0.4, 0.5) is 11.8 Å². The Morgan fingerprint density at radius 3 is 2.38 bits per heavy atom. The zero-order valence-corrected chi connectivity index (χ0v) is 12.7. The zero-order valence-electron chi connectivity index (χ0n) is 12.7. The summed E-state index contributed by atoms with van der Waals surface area (Å²) >= 11 is 0. The second-order valence-electron chi connectivity index (χ2n) is 4.55. The van der Waals surface area contributed by atoms with Crippen LogP contribution in [-0.4, -0.2) is 51.5 Å². The number of aromatic nitrogens is 2. The van der Waals surface area contributed by atoms with Crippen molar-refractivity contribution < 1.29 is 14.2 Å². The molecule has 0 atom stereocenters. The second-order valence-corrected chi connectivity index (χ2v) is 4.55. The predicted octanol–water partition coefficient (Wildman–Crippen LogP) is 1.31. The van der Waals surface area contributed by atoms with Crippen molar-refractivity contribution in [2.75, 3.05) is 52.2 Å². The van der Waals surface area contributed by atoms with E-state index in [1.165, 1.54) is 0 Å². The number of nitrogens with zero attached hydrogens (tertiary/aromatic N) is 3. The lowest BCUT2D eigenvalue weighted by atomic mass is 10.2. The molecule has 0 unspecified atom stereocenters. The van der Waals surface area contributed by atoms with E-state index in [9.17, 15) is 0 Å². The number of anilines is 2. The Morgan fingerprint density at radius 2 is 1.76 bits per heavy atom. The summed E-state index contributed by atoms with van der Waals surface area (Å²) in [5.41, 5.74) is 6.74. The summed E-state index contributed by atoms with van der Waals surface area (Å²) in [6.07, 6.45) is 0. The Balaban J connectivity index is 2.49. The number of hydrogen-bond donors (Lipinski definition) is 1. The highest BCUT2D eigenvalue weighted by atomic mass is 16.5. The van der Waals surface area contributed by atoms with E-state index in [2.05, 4.69) is 9.97 Å². The van der Waals surface area contributed by atoms with Gasteiger partial charge in [-0.2, -0.15) is 4.98 Å². The Morgan fingerprint density at radius 1 is 1.10 bits per heavy atom. The number of rotatable bonds is 6. The van der Waals surface area contributed by atoms with Crippen molar-refractivity contribution in [2.45, 2.75) is 0 Å². The zero-order chi connectivity index (χ0) is 15.4. The van der Waals surface area contributed by atoms with Gasteiger partial charge in [0.2, 0.25) is 5.95 Å². The van der Waals surface area contributed by atoms with Crippen molar-refractivity contribution in [3.05, 3.63) is 12.1 Å². The smallest absolute Gasteiger partial charge is 0.227 e. The Bertz CT molecular complexity index is 633. The summed E-state index contributed by atoms with van der Waals surface area (Å²) in [5, 5.41) is 0.733. The number of benzene rings is 1. The average molecular weight is 292 g/mol. The first-order chi connectivity index (χ1) is 10.1. The fraction of sp³-hybridized carbons (Fsp3) is 0.429. The van der Waals surface area contributed by atoms with Crippen LogP contribution in [0.2, 0.25) is 0 Å². The van der Waals surface area contributed by atoms with Crippen LogP contribution in [0.3, 0.4) is 0 Å².